The van der Waals surface area contributed by atoms with E-state index in [4.69, 9.17) is 4.74 Å². The van der Waals surface area contributed by atoms with Crippen molar-refractivity contribution in [2.75, 3.05) is 7.05 Å². The summed E-state index contributed by atoms with van der Waals surface area (Å²) in [5.41, 5.74) is 1.52. The number of unbranched alkanes of at least 4 members (excludes halogenated alkanes) is 2. The number of carbonyl (C=O) groups is 1. The van der Waals surface area contributed by atoms with Crippen LogP contribution in [0.25, 0.3) is 0 Å². The minimum Gasteiger partial charge on any atom is -0.454 e. The summed E-state index contributed by atoms with van der Waals surface area (Å²) in [6, 6.07) is 11.9. The molecule has 4 heteroatoms. The lowest BCUT2D eigenvalue weighted by Crippen LogP contribution is -2.17. The summed E-state index contributed by atoms with van der Waals surface area (Å²) in [6.07, 6.45) is 4.64. The predicted molar refractivity (Wildman–Crippen MR) is 89.5 cm³/mol. The number of halogens is 1. The zero-order valence-corrected chi connectivity index (χ0v) is 13.6. The van der Waals surface area contributed by atoms with Crippen molar-refractivity contribution in [3.63, 3.8) is 0 Å². The molecule has 2 rings (SSSR count). The van der Waals surface area contributed by atoms with Crippen LogP contribution in [0, 0.1) is 5.82 Å². The minimum absolute atomic E-state index is 0.108. The van der Waals surface area contributed by atoms with Crippen molar-refractivity contribution in [3.8, 4) is 11.5 Å². The molecule has 1 amide bonds. The van der Waals surface area contributed by atoms with Gasteiger partial charge in [-0.2, -0.15) is 0 Å². The molecule has 0 spiro atoms. The van der Waals surface area contributed by atoms with Gasteiger partial charge in [-0.15, -0.1) is 0 Å². The molecular formula is C19H22FNO2. The third-order valence-corrected chi connectivity index (χ3v) is 3.64. The average molecular weight is 315 g/mol. The summed E-state index contributed by atoms with van der Waals surface area (Å²) in [7, 11) is 1.51. The van der Waals surface area contributed by atoms with Gasteiger partial charge in [-0.3, -0.25) is 4.79 Å². The Morgan fingerprint density at radius 3 is 2.48 bits per heavy atom. The molecule has 0 bridgehead atoms. The maximum Gasteiger partial charge on any atom is 0.251 e. The SMILES string of the molecule is CCCCCc1ccc(Oc2ccc(C(=O)NC)cc2F)cc1. The average Bonchev–Trinajstić information content (AvgIpc) is 2.57. The number of hydrogen-bond acceptors (Lipinski definition) is 2. The number of amides is 1. The zero-order chi connectivity index (χ0) is 16.7. The van der Waals surface area contributed by atoms with Gasteiger partial charge in [-0.25, -0.2) is 4.39 Å². The molecule has 0 aliphatic heterocycles. The molecule has 2 aromatic rings. The predicted octanol–water partition coefficient (Wildman–Crippen LogP) is 4.71. The van der Waals surface area contributed by atoms with E-state index in [1.54, 1.807) is 0 Å². The van der Waals surface area contributed by atoms with Crippen molar-refractivity contribution < 1.29 is 13.9 Å². The third-order valence-electron chi connectivity index (χ3n) is 3.64. The molecule has 122 valence electrons. The number of ether oxygens (including phenoxy) is 1. The normalized spacial score (nSPS) is 10.4. The van der Waals surface area contributed by atoms with Crippen LogP contribution in [0.5, 0.6) is 11.5 Å². The summed E-state index contributed by atoms with van der Waals surface area (Å²) in [4.78, 5) is 11.5. The lowest BCUT2D eigenvalue weighted by Gasteiger charge is -2.09. The zero-order valence-electron chi connectivity index (χ0n) is 13.6. The second kappa shape index (κ2) is 8.32. The highest BCUT2D eigenvalue weighted by Crippen LogP contribution is 2.25. The van der Waals surface area contributed by atoms with E-state index in [0.717, 1.165) is 6.42 Å². The summed E-state index contributed by atoms with van der Waals surface area (Å²) in [5, 5.41) is 2.46. The van der Waals surface area contributed by atoms with Gasteiger partial charge in [0.15, 0.2) is 11.6 Å². The highest BCUT2D eigenvalue weighted by Gasteiger charge is 2.10. The van der Waals surface area contributed by atoms with Crippen LogP contribution in [0.2, 0.25) is 0 Å². The fourth-order valence-electron chi connectivity index (χ4n) is 2.30. The summed E-state index contributed by atoms with van der Waals surface area (Å²) >= 11 is 0. The number of nitrogens with one attached hydrogen (secondary N) is 1. The summed E-state index contributed by atoms with van der Waals surface area (Å²) < 4.78 is 19.6. The van der Waals surface area contributed by atoms with E-state index >= 15 is 0 Å². The number of carbonyl (C=O) groups excluding carboxylic acids is 1. The monoisotopic (exact) mass is 315 g/mol. The number of aryl methyl sites for hydroxylation is 1. The van der Waals surface area contributed by atoms with Gasteiger partial charge >= 0.3 is 0 Å². The molecule has 0 radical (unpaired) electrons. The van der Waals surface area contributed by atoms with Gasteiger partial charge < -0.3 is 10.1 Å². The first kappa shape index (κ1) is 17.0. The number of rotatable bonds is 7. The molecule has 23 heavy (non-hydrogen) atoms. The molecule has 0 aromatic heterocycles. The Hall–Kier alpha value is -2.36. The third kappa shape index (κ3) is 4.81. The Kier molecular flexibility index (Phi) is 6.15. The van der Waals surface area contributed by atoms with E-state index in [1.165, 1.54) is 50.1 Å². The van der Waals surface area contributed by atoms with Crippen LogP contribution in [0.4, 0.5) is 4.39 Å². The number of hydrogen-bond donors (Lipinski definition) is 1. The first-order valence-corrected chi connectivity index (χ1v) is 7.92. The lowest BCUT2D eigenvalue weighted by atomic mass is 10.1. The maximum atomic E-state index is 14.0. The van der Waals surface area contributed by atoms with Crippen LogP contribution < -0.4 is 10.1 Å². The molecule has 0 fully saturated rings. The molecule has 3 nitrogen and oxygen atoms in total. The van der Waals surface area contributed by atoms with Crippen molar-refractivity contribution in [1.29, 1.82) is 0 Å². The molecule has 0 aliphatic carbocycles. The Balaban J connectivity index is 2.03. The van der Waals surface area contributed by atoms with Crippen LogP contribution >= 0.6 is 0 Å². The molecule has 0 unspecified atom stereocenters. The highest BCUT2D eigenvalue weighted by atomic mass is 19.1. The molecule has 1 N–H and O–H groups in total. The molecule has 0 aliphatic rings. The first-order valence-electron chi connectivity index (χ1n) is 7.92. The first-order chi connectivity index (χ1) is 11.1. The largest absolute Gasteiger partial charge is 0.454 e. The highest BCUT2D eigenvalue weighted by molar-refractivity contribution is 5.94. The smallest absolute Gasteiger partial charge is 0.251 e. The van der Waals surface area contributed by atoms with Gasteiger partial charge in [-0.1, -0.05) is 31.9 Å². The second-order valence-electron chi connectivity index (χ2n) is 5.43. The van der Waals surface area contributed by atoms with Crippen LogP contribution in [-0.4, -0.2) is 13.0 Å². The second-order valence-corrected chi connectivity index (χ2v) is 5.43. The van der Waals surface area contributed by atoms with E-state index in [-0.39, 0.29) is 17.2 Å². The van der Waals surface area contributed by atoms with Gasteiger partial charge in [-0.05, 0) is 48.7 Å². The van der Waals surface area contributed by atoms with Gasteiger partial charge in [0.2, 0.25) is 0 Å². The van der Waals surface area contributed by atoms with Crippen molar-refractivity contribution in [2.24, 2.45) is 0 Å². The van der Waals surface area contributed by atoms with Crippen LogP contribution in [0.15, 0.2) is 42.5 Å². The molecule has 0 heterocycles. The van der Waals surface area contributed by atoms with Crippen molar-refractivity contribution in [3.05, 3.63) is 59.4 Å². The topological polar surface area (TPSA) is 38.3 Å². The van der Waals surface area contributed by atoms with Crippen molar-refractivity contribution >= 4 is 5.91 Å². The van der Waals surface area contributed by atoms with Gasteiger partial charge in [0.05, 0.1) is 0 Å². The number of benzene rings is 2. The van der Waals surface area contributed by atoms with Crippen LogP contribution in [0.1, 0.15) is 42.1 Å². The van der Waals surface area contributed by atoms with Gasteiger partial charge in [0.25, 0.3) is 5.91 Å². The molecule has 0 saturated heterocycles. The minimum atomic E-state index is -0.557. The lowest BCUT2D eigenvalue weighted by molar-refractivity contribution is 0.0962. The van der Waals surface area contributed by atoms with E-state index in [9.17, 15) is 9.18 Å². The maximum absolute atomic E-state index is 14.0. The van der Waals surface area contributed by atoms with E-state index in [1.807, 2.05) is 24.3 Å². The van der Waals surface area contributed by atoms with E-state index in [0.29, 0.717) is 5.75 Å². The van der Waals surface area contributed by atoms with Gasteiger partial charge in [0, 0.05) is 12.6 Å². The van der Waals surface area contributed by atoms with E-state index in [2.05, 4.69) is 12.2 Å². The van der Waals surface area contributed by atoms with Crippen LogP contribution in [-0.2, 0) is 6.42 Å². The van der Waals surface area contributed by atoms with E-state index < -0.39 is 5.82 Å². The van der Waals surface area contributed by atoms with Crippen molar-refractivity contribution in [1.82, 2.24) is 5.32 Å². The Bertz CT molecular complexity index is 653. The molecule has 0 saturated carbocycles. The molecular weight excluding hydrogens is 293 g/mol. The fourth-order valence-corrected chi connectivity index (χ4v) is 2.30. The molecule has 0 atom stereocenters. The summed E-state index contributed by atoms with van der Waals surface area (Å²) in [6.45, 7) is 2.18. The quantitative estimate of drug-likeness (QED) is 0.751. The Labute approximate surface area is 136 Å². The fraction of sp³-hybridized carbons (Fsp3) is 0.316. The van der Waals surface area contributed by atoms with Crippen molar-refractivity contribution in [2.45, 2.75) is 32.6 Å². The van der Waals surface area contributed by atoms with Crippen LogP contribution in [0.3, 0.4) is 0 Å². The Morgan fingerprint density at radius 1 is 1.13 bits per heavy atom. The Morgan fingerprint density at radius 2 is 1.87 bits per heavy atom. The standard InChI is InChI=1S/C19H22FNO2/c1-3-4-5-6-14-7-10-16(11-8-14)23-18-12-9-15(13-17(18)20)19(22)21-2/h7-13H,3-6H2,1-2H3,(H,21,22). The van der Waals surface area contributed by atoms with Gasteiger partial charge in [0.1, 0.15) is 5.75 Å². The summed E-state index contributed by atoms with van der Waals surface area (Å²) in [5.74, 6) is -0.197. The molecule has 2 aromatic carbocycles.